The maximum atomic E-state index is 2.65. The van der Waals surface area contributed by atoms with Crippen LogP contribution in [0.1, 0.15) is 33.4 Å². The fourth-order valence-corrected chi connectivity index (χ4v) is 23.7. The highest BCUT2D eigenvalue weighted by Gasteiger charge is 2.60. The molecule has 0 saturated carbocycles. The summed E-state index contributed by atoms with van der Waals surface area (Å²) in [6.07, 6.45) is 0. The highest BCUT2D eigenvalue weighted by atomic mass is 28.4. The maximum absolute atomic E-state index is 2.65. The van der Waals surface area contributed by atoms with E-state index in [-0.39, 0.29) is 4.66 Å². The lowest BCUT2D eigenvalue weighted by molar-refractivity contribution is 0.953. The summed E-state index contributed by atoms with van der Waals surface area (Å²) in [5, 5.41) is 5.20. The van der Waals surface area contributed by atoms with Crippen LogP contribution in [0.25, 0.3) is 32.7 Å². The highest BCUT2D eigenvalue weighted by Crippen LogP contribution is 2.63. The van der Waals surface area contributed by atoms with Crippen LogP contribution in [0.5, 0.6) is 0 Å². The van der Waals surface area contributed by atoms with Gasteiger partial charge in [-0.1, -0.05) is 159 Å². The summed E-state index contributed by atoms with van der Waals surface area (Å²) in [5.74, 6) is 0. The Bertz CT molecular complexity index is 2570. The van der Waals surface area contributed by atoms with E-state index in [1.807, 2.05) is 0 Å². The fraction of sp³-hybridized carbons (Fsp3) is 0.200. The van der Waals surface area contributed by atoms with Gasteiger partial charge in [-0.2, -0.15) is 0 Å². The molecule has 0 heterocycles. The topological polar surface area (TPSA) is 6.48 Å². The average Bonchev–Trinajstić information content (AvgIpc) is 3.53. The summed E-state index contributed by atoms with van der Waals surface area (Å²) in [7, 11) is -4.25. The summed E-state index contributed by atoms with van der Waals surface area (Å²) in [6, 6.07) is 60.1. The summed E-state index contributed by atoms with van der Waals surface area (Å²) in [4.78, 5) is 5.04. The minimum absolute atomic E-state index is 0.124. The molecule has 0 bridgehead atoms. The van der Waals surface area contributed by atoms with Gasteiger partial charge in [0.25, 0.3) is 0 Å². The normalized spacial score (nSPS) is 13.4. The molecule has 2 nitrogen and oxygen atoms in total. The van der Waals surface area contributed by atoms with Crippen LogP contribution in [0.4, 0.5) is 34.1 Å². The molecule has 0 saturated heterocycles. The second-order valence-corrected chi connectivity index (χ2v) is 30.0. The van der Waals surface area contributed by atoms with Crippen molar-refractivity contribution in [1.82, 2.24) is 0 Å². The number of anilines is 6. The van der Waals surface area contributed by atoms with E-state index in [0.717, 1.165) is 0 Å². The van der Waals surface area contributed by atoms with Crippen LogP contribution in [0.3, 0.4) is 0 Å². The van der Waals surface area contributed by atoms with Crippen molar-refractivity contribution in [3.05, 3.63) is 191 Å². The Hall–Kier alpha value is -5.69. The first-order valence-corrected chi connectivity index (χ1v) is 28.2. The van der Waals surface area contributed by atoms with Crippen LogP contribution in [0.15, 0.2) is 158 Å². The molecule has 8 aromatic carbocycles. The third-order valence-electron chi connectivity index (χ3n) is 13.0. The second kappa shape index (κ2) is 14.3. The van der Waals surface area contributed by atoms with Gasteiger partial charge in [-0.15, -0.1) is 0 Å². The lowest BCUT2D eigenvalue weighted by Crippen LogP contribution is -2.63. The molecule has 4 heteroatoms. The molecule has 294 valence electrons. The standard InChI is InChI=1S/C55H56N2Si2/c1-37-19-27-41(28-20-37)56(42-29-21-38(2)22-30-42)51-35-49-53(47-17-13-11-15-45(47)51)54-48-18-14-12-16-46(48)52(36-50(54)55(49,58(5,6)7)59(8,9)10)57(43-31-23-39(3)24-32-43)44-33-25-40(4)26-34-44/h11-36H,1-10H3. The van der Waals surface area contributed by atoms with E-state index >= 15 is 0 Å². The Labute approximate surface area is 353 Å². The Morgan fingerprint density at radius 3 is 0.847 bits per heavy atom. The minimum atomic E-state index is -2.12. The number of hydrogen-bond donors (Lipinski definition) is 0. The van der Waals surface area contributed by atoms with Gasteiger partial charge in [-0.3, -0.25) is 0 Å². The molecule has 9 rings (SSSR count). The number of fused-ring (bicyclic) bond motifs is 7. The number of aryl methyl sites for hydroxylation is 4. The molecule has 0 spiro atoms. The van der Waals surface area contributed by atoms with Crippen molar-refractivity contribution in [3.8, 4) is 11.1 Å². The molecule has 0 N–H and O–H groups in total. The summed E-state index contributed by atoms with van der Waals surface area (Å²) < 4.78 is -0.124. The first-order valence-electron chi connectivity index (χ1n) is 21.2. The fourth-order valence-electron chi connectivity index (χ4n) is 10.7. The molecule has 0 amide bonds. The number of hydrogen-bond acceptors (Lipinski definition) is 2. The van der Waals surface area contributed by atoms with E-state index in [9.17, 15) is 0 Å². The molecule has 8 aromatic rings. The highest BCUT2D eigenvalue weighted by molar-refractivity contribution is 7.00. The third kappa shape index (κ3) is 6.19. The van der Waals surface area contributed by atoms with Crippen LogP contribution in [0.2, 0.25) is 39.3 Å². The van der Waals surface area contributed by atoms with Gasteiger partial charge in [0.1, 0.15) is 0 Å². The maximum Gasteiger partial charge on any atom is 0.0579 e. The van der Waals surface area contributed by atoms with Crippen molar-refractivity contribution in [1.29, 1.82) is 0 Å². The summed E-state index contributed by atoms with van der Waals surface area (Å²) in [6.45, 7) is 24.6. The molecule has 0 unspecified atom stereocenters. The lowest BCUT2D eigenvalue weighted by atomic mass is 9.92. The first kappa shape index (κ1) is 38.8. The molecule has 0 aliphatic heterocycles. The Morgan fingerprint density at radius 1 is 0.339 bits per heavy atom. The van der Waals surface area contributed by atoms with E-state index in [2.05, 4.69) is 235 Å². The molecular formula is C55H56N2Si2. The van der Waals surface area contributed by atoms with Crippen LogP contribution >= 0.6 is 0 Å². The van der Waals surface area contributed by atoms with Crippen molar-refractivity contribution in [2.75, 3.05) is 9.80 Å². The third-order valence-corrected chi connectivity index (χ3v) is 23.1. The zero-order valence-electron chi connectivity index (χ0n) is 36.4. The van der Waals surface area contributed by atoms with Gasteiger partial charge in [0.2, 0.25) is 0 Å². The minimum Gasteiger partial charge on any atom is -0.310 e. The van der Waals surface area contributed by atoms with Gasteiger partial charge in [-0.25, -0.2) is 0 Å². The monoisotopic (exact) mass is 800 g/mol. The smallest absolute Gasteiger partial charge is 0.0579 e. The summed E-state index contributed by atoms with van der Waals surface area (Å²) >= 11 is 0. The predicted octanol–water partition coefficient (Wildman–Crippen LogP) is 16.2. The van der Waals surface area contributed by atoms with Crippen LogP contribution < -0.4 is 9.80 Å². The molecule has 0 radical (unpaired) electrons. The van der Waals surface area contributed by atoms with Gasteiger partial charge in [0.15, 0.2) is 0 Å². The van der Waals surface area contributed by atoms with Gasteiger partial charge in [0.05, 0.1) is 27.5 Å². The van der Waals surface area contributed by atoms with Crippen LogP contribution in [-0.4, -0.2) is 16.1 Å². The van der Waals surface area contributed by atoms with Crippen molar-refractivity contribution in [2.45, 2.75) is 71.6 Å². The van der Waals surface area contributed by atoms with Crippen LogP contribution in [-0.2, 0) is 4.66 Å². The van der Waals surface area contributed by atoms with Gasteiger partial charge in [-0.05, 0) is 121 Å². The van der Waals surface area contributed by atoms with Crippen molar-refractivity contribution < 1.29 is 0 Å². The Morgan fingerprint density at radius 2 is 0.593 bits per heavy atom. The largest absolute Gasteiger partial charge is 0.310 e. The summed E-state index contributed by atoms with van der Waals surface area (Å²) in [5.41, 5.74) is 18.1. The van der Waals surface area contributed by atoms with E-state index in [0.29, 0.717) is 0 Å². The Kier molecular flexibility index (Phi) is 9.37. The molecule has 0 aromatic heterocycles. The van der Waals surface area contributed by atoms with E-state index in [1.165, 1.54) is 100 Å². The van der Waals surface area contributed by atoms with Crippen molar-refractivity contribution in [2.24, 2.45) is 0 Å². The van der Waals surface area contributed by atoms with Crippen molar-refractivity contribution in [3.63, 3.8) is 0 Å². The predicted molar refractivity (Wildman–Crippen MR) is 263 cm³/mol. The number of benzene rings is 8. The molecule has 59 heavy (non-hydrogen) atoms. The first-order chi connectivity index (χ1) is 28.2. The van der Waals surface area contributed by atoms with Gasteiger partial charge in [0, 0.05) is 38.2 Å². The van der Waals surface area contributed by atoms with E-state index in [1.54, 1.807) is 0 Å². The molecule has 1 aliphatic carbocycles. The SMILES string of the molecule is Cc1ccc(N(c2ccc(C)cc2)c2cc3c(c4ccccc24)-c2c(cc(N(c4ccc(C)cc4)c4ccc(C)cc4)c4ccccc24)C3([Si](C)(C)C)[Si](C)(C)C)cc1. The second-order valence-electron chi connectivity index (χ2n) is 19.0. The van der Waals surface area contributed by atoms with Gasteiger partial charge >= 0.3 is 0 Å². The Balaban J connectivity index is 1.44. The molecule has 0 atom stereocenters. The van der Waals surface area contributed by atoms with Crippen molar-refractivity contribution >= 4 is 71.8 Å². The zero-order valence-corrected chi connectivity index (χ0v) is 38.4. The molecular weight excluding hydrogens is 745 g/mol. The number of nitrogens with zero attached hydrogens (tertiary/aromatic N) is 2. The van der Waals surface area contributed by atoms with Gasteiger partial charge < -0.3 is 9.80 Å². The molecule has 0 fully saturated rings. The number of rotatable bonds is 8. The molecule has 1 aliphatic rings. The average molecular weight is 801 g/mol. The zero-order chi connectivity index (χ0) is 41.4. The quantitative estimate of drug-likeness (QED) is 0.141. The van der Waals surface area contributed by atoms with Crippen LogP contribution in [0, 0.1) is 27.7 Å². The van der Waals surface area contributed by atoms with E-state index < -0.39 is 16.1 Å². The lowest BCUT2D eigenvalue weighted by Gasteiger charge is -2.51. The van der Waals surface area contributed by atoms with E-state index in [4.69, 9.17) is 0 Å².